The number of benzene rings is 2. The number of halogens is 2. The molecule has 1 saturated heterocycles. The van der Waals surface area contributed by atoms with E-state index in [9.17, 15) is 23.2 Å². The quantitative estimate of drug-likeness (QED) is 0.691. The van der Waals surface area contributed by atoms with Gasteiger partial charge in [0.1, 0.15) is 5.75 Å². The highest BCUT2D eigenvalue weighted by Gasteiger charge is 2.29. The first-order chi connectivity index (χ1) is 16.3. The van der Waals surface area contributed by atoms with Crippen molar-refractivity contribution in [3.05, 3.63) is 59.2 Å². The Morgan fingerprint density at radius 2 is 1.97 bits per heavy atom. The highest BCUT2D eigenvalue weighted by molar-refractivity contribution is 6.06. The number of fused-ring (bicyclic) bond motifs is 1. The van der Waals surface area contributed by atoms with Crippen LogP contribution in [-0.2, 0) is 9.53 Å². The molecule has 0 radical (unpaired) electrons. The van der Waals surface area contributed by atoms with E-state index in [-0.39, 0.29) is 36.3 Å². The third kappa shape index (κ3) is 5.27. The van der Waals surface area contributed by atoms with E-state index in [4.69, 9.17) is 9.47 Å². The van der Waals surface area contributed by atoms with Crippen molar-refractivity contribution < 1.29 is 32.6 Å². The van der Waals surface area contributed by atoms with Gasteiger partial charge in [-0.3, -0.25) is 9.59 Å². The van der Waals surface area contributed by atoms with Crippen LogP contribution in [0.25, 0.3) is 0 Å². The van der Waals surface area contributed by atoms with E-state index in [0.717, 1.165) is 18.6 Å². The van der Waals surface area contributed by atoms with Gasteiger partial charge in [0.25, 0.3) is 5.91 Å². The lowest BCUT2D eigenvalue weighted by Gasteiger charge is -2.28. The summed E-state index contributed by atoms with van der Waals surface area (Å²) in [5, 5.41) is 5.35. The number of rotatable bonds is 5. The van der Waals surface area contributed by atoms with Crippen LogP contribution < -0.4 is 15.4 Å². The van der Waals surface area contributed by atoms with E-state index in [1.807, 2.05) is 0 Å². The second-order valence-corrected chi connectivity index (χ2v) is 8.36. The van der Waals surface area contributed by atoms with Crippen LogP contribution in [0.5, 0.6) is 5.75 Å². The molecule has 3 amide bonds. The maximum atomic E-state index is 13.5. The Bertz CT molecular complexity index is 1110. The summed E-state index contributed by atoms with van der Waals surface area (Å²) in [4.78, 5) is 38.4. The van der Waals surface area contributed by atoms with Crippen LogP contribution >= 0.6 is 0 Å². The van der Waals surface area contributed by atoms with E-state index >= 15 is 0 Å². The highest BCUT2D eigenvalue weighted by Crippen LogP contribution is 2.35. The van der Waals surface area contributed by atoms with Crippen molar-refractivity contribution in [1.82, 2.24) is 10.2 Å². The fraction of sp³-hybridized carbons (Fsp3) is 0.375. The molecule has 1 unspecified atom stereocenters. The van der Waals surface area contributed by atoms with Gasteiger partial charge >= 0.3 is 6.09 Å². The van der Waals surface area contributed by atoms with Crippen molar-refractivity contribution in [2.75, 3.05) is 31.6 Å². The zero-order valence-corrected chi connectivity index (χ0v) is 18.6. The zero-order chi connectivity index (χ0) is 24.2. The summed E-state index contributed by atoms with van der Waals surface area (Å²) in [7, 11) is 0. The molecule has 2 aromatic carbocycles. The molecular weight excluding hydrogens is 448 g/mol. The molecule has 0 aromatic heterocycles. The summed E-state index contributed by atoms with van der Waals surface area (Å²) in [6.07, 6.45) is 0.678. The van der Waals surface area contributed by atoms with Gasteiger partial charge in [-0.05, 0) is 24.6 Å². The molecular formula is C24H25F2N3O5. The van der Waals surface area contributed by atoms with Gasteiger partial charge in [-0.2, -0.15) is 0 Å². The van der Waals surface area contributed by atoms with Gasteiger partial charge in [0.2, 0.25) is 5.91 Å². The Labute approximate surface area is 195 Å². The molecule has 34 heavy (non-hydrogen) atoms. The third-order valence-corrected chi connectivity index (χ3v) is 5.97. The van der Waals surface area contributed by atoms with E-state index in [1.54, 1.807) is 23.1 Å². The Morgan fingerprint density at radius 1 is 1.15 bits per heavy atom. The molecule has 2 aromatic rings. The van der Waals surface area contributed by atoms with Crippen molar-refractivity contribution in [3.63, 3.8) is 0 Å². The van der Waals surface area contributed by atoms with Crippen molar-refractivity contribution in [2.45, 2.75) is 25.8 Å². The lowest BCUT2D eigenvalue weighted by molar-refractivity contribution is -0.127. The number of ether oxygens (including phenoxy) is 2. The van der Waals surface area contributed by atoms with Crippen LogP contribution in [0.15, 0.2) is 36.4 Å². The van der Waals surface area contributed by atoms with Crippen LogP contribution in [0.2, 0.25) is 0 Å². The van der Waals surface area contributed by atoms with Crippen molar-refractivity contribution in [3.8, 4) is 5.75 Å². The number of carbonyl (C=O) groups excluding carboxylic acids is 3. The molecule has 0 saturated carbocycles. The zero-order valence-electron chi connectivity index (χ0n) is 18.6. The van der Waals surface area contributed by atoms with Gasteiger partial charge in [0.15, 0.2) is 11.6 Å². The first kappa shape index (κ1) is 23.5. The smallest absolute Gasteiger partial charge is 0.407 e. The molecule has 2 heterocycles. The van der Waals surface area contributed by atoms with E-state index in [2.05, 4.69) is 10.6 Å². The molecule has 8 nitrogen and oxygen atoms in total. The van der Waals surface area contributed by atoms with Gasteiger partial charge < -0.3 is 25.0 Å². The number of amides is 3. The normalized spacial score (nSPS) is 19.1. The molecule has 2 atom stereocenters. The number of hydrogen-bond acceptors (Lipinski definition) is 5. The summed E-state index contributed by atoms with van der Waals surface area (Å²) >= 11 is 0. The fourth-order valence-electron chi connectivity index (χ4n) is 4.16. The molecule has 4 rings (SSSR count). The third-order valence-electron chi connectivity index (χ3n) is 5.97. The lowest BCUT2D eigenvalue weighted by atomic mass is 9.97. The molecule has 180 valence electrons. The Kier molecular flexibility index (Phi) is 6.95. The SMILES string of the molecule is CC(=O)N1CCC(COC(=O)N[C@H]2CCOc3c(C(=O)Nc4ccc(F)c(F)c4)cccc32)C1. The average Bonchev–Trinajstić information content (AvgIpc) is 3.29. The van der Waals surface area contributed by atoms with E-state index in [1.165, 1.54) is 13.0 Å². The molecule has 1 fully saturated rings. The minimum absolute atomic E-state index is 0.00941. The summed E-state index contributed by atoms with van der Waals surface area (Å²) in [5.74, 6) is -2.21. The van der Waals surface area contributed by atoms with Gasteiger partial charge in [-0.1, -0.05) is 12.1 Å². The van der Waals surface area contributed by atoms with Gasteiger partial charge in [0.05, 0.1) is 24.8 Å². The Hall–Kier alpha value is -3.69. The topological polar surface area (TPSA) is 97.0 Å². The second kappa shape index (κ2) is 10.1. The Morgan fingerprint density at radius 3 is 2.71 bits per heavy atom. The number of likely N-dealkylation sites (tertiary alicyclic amines) is 1. The van der Waals surface area contributed by atoms with Gasteiger partial charge in [-0.25, -0.2) is 13.6 Å². The minimum atomic E-state index is -1.07. The number of carbonyl (C=O) groups is 3. The number of anilines is 1. The van der Waals surface area contributed by atoms with Crippen LogP contribution in [0.3, 0.4) is 0 Å². The van der Waals surface area contributed by atoms with Gasteiger partial charge in [-0.15, -0.1) is 0 Å². The molecule has 0 aliphatic carbocycles. The largest absolute Gasteiger partial charge is 0.492 e. The first-order valence-corrected chi connectivity index (χ1v) is 11.0. The first-order valence-electron chi connectivity index (χ1n) is 11.0. The Balaban J connectivity index is 1.39. The van der Waals surface area contributed by atoms with E-state index < -0.39 is 29.7 Å². The fourth-order valence-corrected chi connectivity index (χ4v) is 4.16. The molecule has 2 aliphatic rings. The van der Waals surface area contributed by atoms with Crippen molar-refractivity contribution in [1.29, 1.82) is 0 Å². The van der Waals surface area contributed by atoms with Crippen LogP contribution in [0.1, 0.15) is 41.7 Å². The van der Waals surface area contributed by atoms with E-state index in [0.29, 0.717) is 30.8 Å². The predicted octanol–water partition coefficient (Wildman–Crippen LogP) is 3.64. The minimum Gasteiger partial charge on any atom is -0.492 e. The number of nitrogens with one attached hydrogen (secondary N) is 2. The molecule has 2 aliphatic heterocycles. The highest BCUT2D eigenvalue weighted by atomic mass is 19.2. The summed E-state index contributed by atoms with van der Waals surface area (Å²) in [6.45, 7) is 3.23. The van der Waals surface area contributed by atoms with Crippen LogP contribution in [0, 0.1) is 17.6 Å². The standard InChI is InChI=1S/C24H25F2N3O5/c1-14(30)29-9-7-15(12-29)13-34-24(32)28-21-8-10-33-22-17(21)3-2-4-18(22)23(31)27-16-5-6-19(25)20(26)11-16/h2-6,11,15,21H,7-10,12-13H2,1H3,(H,27,31)(H,28,32)/t15?,21-/m0/s1. The number of alkyl carbamates (subject to hydrolysis) is 1. The predicted molar refractivity (Wildman–Crippen MR) is 118 cm³/mol. The van der Waals surface area contributed by atoms with Crippen LogP contribution in [0.4, 0.5) is 19.3 Å². The maximum absolute atomic E-state index is 13.5. The second-order valence-electron chi connectivity index (χ2n) is 8.36. The van der Waals surface area contributed by atoms with Crippen molar-refractivity contribution >= 4 is 23.6 Å². The summed E-state index contributed by atoms with van der Waals surface area (Å²) < 4.78 is 37.7. The van der Waals surface area contributed by atoms with Gasteiger partial charge in [0, 0.05) is 49.7 Å². The molecule has 2 N–H and O–H groups in total. The summed E-state index contributed by atoms with van der Waals surface area (Å²) in [5.41, 5.74) is 0.924. The van der Waals surface area contributed by atoms with Crippen LogP contribution in [-0.4, -0.2) is 49.1 Å². The maximum Gasteiger partial charge on any atom is 0.407 e. The lowest BCUT2D eigenvalue weighted by Crippen LogP contribution is -2.34. The molecule has 0 bridgehead atoms. The monoisotopic (exact) mass is 473 g/mol. The molecule has 0 spiro atoms. The summed E-state index contributed by atoms with van der Waals surface area (Å²) in [6, 6.07) is 7.60. The number of nitrogens with zero attached hydrogens (tertiary/aromatic N) is 1. The van der Waals surface area contributed by atoms with Crippen molar-refractivity contribution in [2.24, 2.45) is 5.92 Å². The number of para-hydroxylation sites is 1. The molecule has 10 heteroatoms. The average molecular weight is 473 g/mol. The number of hydrogen-bond donors (Lipinski definition) is 2.